The molecule has 0 saturated carbocycles. The van der Waals surface area contributed by atoms with Gasteiger partial charge in [-0.1, -0.05) is 17.2 Å². The topological polar surface area (TPSA) is 24.4 Å². The summed E-state index contributed by atoms with van der Waals surface area (Å²) in [6.07, 6.45) is 0. The summed E-state index contributed by atoms with van der Waals surface area (Å²) in [4.78, 5) is 4.47. The van der Waals surface area contributed by atoms with Crippen molar-refractivity contribution in [1.82, 2.24) is 5.32 Å². The van der Waals surface area contributed by atoms with Gasteiger partial charge in [-0.2, -0.15) is 0 Å². The lowest BCUT2D eigenvalue weighted by Gasteiger charge is -2.07. The van der Waals surface area contributed by atoms with Crippen LogP contribution < -0.4 is 5.32 Å². The van der Waals surface area contributed by atoms with Crippen molar-refractivity contribution >= 4 is 5.84 Å². The lowest BCUT2D eigenvalue weighted by Crippen LogP contribution is -2.27. The third kappa shape index (κ3) is 1.79. The molecule has 0 spiro atoms. The molecule has 1 heterocycles. The van der Waals surface area contributed by atoms with Gasteiger partial charge in [-0.25, -0.2) is 0 Å². The van der Waals surface area contributed by atoms with Crippen LogP contribution >= 0.6 is 0 Å². The van der Waals surface area contributed by atoms with Crippen molar-refractivity contribution in [3.63, 3.8) is 0 Å². The smallest absolute Gasteiger partial charge is 0.128 e. The predicted molar refractivity (Wildman–Crippen MR) is 59.9 cm³/mol. The van der Waals surface area contributed by atoms with Gasteiger partial charge in [0.1, 0.15) is 5.84 Å². The maximum absolute atomic E-state index is 4.47. The van der Waals surface area contributed by atoms with Gasteiger partial charge in [-0.15, -0.1) is 0 Å². The van der Waals surface area contributed by atoms with Gasteiger partial charge < -0.3 is 5.32 Å². The number of nitrogens with one attached hydrogen (secondary N) is 1. The van der Waals surface area contributed by atoms with Gasteiger partial charge >= 0.3 is 0 Å². The van der Waals surface area contributed by atoms with Crippen molar-refractivity contribution in [2.24, 2.45) is 4.99 Å². The fourth-order valence-corrected chi connectivity index (χ4v) is 1.84. The van der Waals surface area contributed by atoms with E-state index in [-0.39, 0.29) is 0 Å². The van der Waals surface area contributed by atoms with Crippen LogP contribution in [-0.4, -0.2) is 18.4 Å². The van der Waals surface area contributed by atoms with Crippen LogP contribution in [0.4, 0.5) is 0 Å². The lowest BCUT2D eigenvalue weighted by molar-refractivity contribution is 0.726. The van der Waals surface area contributed by atoms with Gasteiger partial charge in [0.05, 0.1) is 6.54 Å². The number of amidine groups is 1. The molecule has 0 bridgehead atoms. The van der Waals surface area contributed by atoms with Crippen LogP contribution in [0.5, 0.6) is 0 Å². The van der Waals surface area contributed by atoms with Gasteiger partial charge in [0.2, 0.25) is 0 Å². The average Bonchev–Trinajstić information content (AvgIpc) is 2.50. The number of nitrogens with zero attached hydrogens (tertiary/aromatic N) is 1. The van der Waals surface area contributed by atoms with Crippen LogP contribution in [0, 0.1) is 13.8 Å². The molecule has 0 aromatic heterocycles. The maximum atomic E-state index is 4.47. The van der Waals surface area contributed by atoms with Crippen molar-refractivity contribution in [3.8, 4) is 0 Å². The molecule has 2 nitrogen and oxygen atoms in total. The standard InChI is InChI=1S/C12H16N2/c1-8-4-9(2)6-11(5-8)12-13-7-10(3)14-12/h4-6,10H,7H2,1-3H3,(H,13,14). The number of hydrogen-bond acceptors (Lipinski definition) is 2. The average molecular weight is 188 g/mol. The predicted octanol–water partition coefficient (Wildman–Crippen LogP) is 2.04. The van der Waals surface area contributed by atoms with Crippen LogP contribution in [-0.2, 0) is 0 Å². The molecule has 1 unspecified atom stereocenters. The summed E-state index contributed by atoms with van der Waals surface area (Å²) in [5.41, 5.74) is 3.81. The zero-order valence-electron chi connectivity index (χ0n) is 8.96. The number of rotatable bonds is 1. The molecule has 0 fully saturated rings. The number of benzene rings is 1. The molecule has 1 atom stereocenters. The minimum absolute atomic E-state index is 0.478. The molecule has 0 amide bonds. The third-order valence-electron chi connectivity index (χ3n) is 2.40. The van der Waals surface area contributed by atoms with E-state index in [2.05, 4.69) is 49.3 Å². The highest BCUT2D eigenvalue weighted by Gasteiger charge is 2.14. The van der Waals surface area contributed by atoms with Gasteiger partial charge in [0.25, 0.3) is 0 Å². The Labute approximate surface area is 85.1 Å². The summed E-state index contributed by atoms with van der Waals surface area (Å²) in [6.45, 7) is 7.28. The summed E-state index contributed by atoms with van der Waals surface area (Å²) in [5, 5.41) is 3.37. The second-order valence-electron chi connectivity index (χ2n) is 4.11. The summed E-state index contributed by atoms with van der Waals surface area (Å²) in [5.74, 6) is 1.05. The highest BCUT2D eigenvalue weighted by Crippen LogP contribution is 2.11. The van der Waals surface area contributed by atoms with E-state index in [1.165, 1.54) is 16.7 Å². The van der Waals surface area contributed by atoms with E-state index in [0.717, 1.165) is 12.4 Å². The molecular formula is C12H16N2. The Morgan fingerprint density at radius 3 is 2.36 bits per heavy atom. The molecule has 0 radical (unpaired) electrons. The molecule has 1 aromatic rings. The monoisotopic (exact) mass is 188 g/mol. The Kier molecular flexibility index (Phi) is 2.28. The quantitative estimate of drug-likeness (QED) is 0.716. The first-order valence-corrected chi connectivity index (χ1v) is 5.05. The lowest BCUT2D eigenvalue weighted by atomic mass is 10.1. The fraction of sp³-hybridized carbons (Fsp3) is 0.417. The Balaban J connectivity index is 2.33. The molecule has 74 valence electrons. The third-order valence-corrected chi connectivity index (χ3v) is 2.40. The normalized spacial score (nSPS) is 20.5. The highest BCUT2D eigenvalue weighted by molar-refractivity contribution is 6.00. The second-order valence-corrected chi connectivity index (χ2v) is 4.11. The first-order chi connectivity index (χ1) is 6.65. The number of hydrogen-bond donors (Lipinski definition) is 1. The van der Waals surface area contributed by atoms with Crippen molar-refractivity contribution in [2.45, 2.75) is 26.8 Å². The first kappa shape index (κ1) is 9.25. The Bertz CT molecular complexity index is 360. The summed E-state index contributed by atoms with van der Waals surface area (Å²) < 4.78 is 0. The molecule has 0 saturated heterocycles. The van der Waals surface area contributed by atoms with Crippen LogP contribution in [0.2, 0.25) is 0 Å². The van der Waals surface area contributed by atoms with Crippen LogP contribution in [0.1, 0.15) is 23.6 Å². The summed E-state index contributed by atoms with van der Waals surface area (Å²) in [6, 6.07) is 7.02. The van der Waals surface area contributed by atoms with Gasteiger partial charge in [0.15, 0.2) is 0 Å². The number of aliphatic imine (C=N–C) groups is 1. The Hall–Kier alpha value is -1.31. The van der Waals surface area contributed by atoms with Gasteiger partial charge in [-0.05, 0) is 32.9 Å². The zero-order valence-corrected chi connectivity index (χ0v) is 8.96. The first-order valence-electron chi connectivity index (χ1n) is 5.05. The van der Waals surface area contributed by atoms with E-state index >= 15 is 0 Å². The molecule has 1 N–H and O–H groups in total. The van der Waals surface area contributed by atoms with E-state index in [1.807, 2.05) is 0 Å². The molecule has 2 rings (SSSR count). The zero-order chi connectivity index (χ0) is 10.1. The van der Waals surface area contributed by atoms with Crippen LogP contribution in [0.15, 0.2) is 23.2 Å². The minimum Gasteiger partial charge on any atom is -0.366 e. The highest BCUT2D eigenvalue weighted by atomic mass is 15.1. The van der Waals surface area contributed by atoms with E-state index < -0.39 is 0 Å². The van der Waals surface area contributed by atoms with E-state index in [0.29, 0.717) is 6.04 Å². The van der Waals surface area contributed by atoms with Crippen LogP contribution in [0.25, 0.3) is 0 Å². The second kappa shape index (κ2) is 3.45. The number of aryl methyl sites for hydroxylation is 2. The van der Waals surface area contributed by atoms with E-state index in [4.69, 9.17) is 0 Å². The van der Waals surface area contributed by atoms with E-state index in [9.17, 15) is 0 Å². The molecule has 1 aliphatic heterocycles. The van der Waals surface area contributed by atoms with Gasteiger partial charge in [-0.3, -0.25) is 4.99 Å². The maximum Gasteiger partial charge on any atom is 0.128 e. The Morgan fingerprint density at radius 1 is 1.21 bits per heavy atom. The van der Waals surface area contributed by atoms with Crippen molar-refractivity contribution < 1.29 is 0 Å². The summed E-state index contributed by atoms with van der Waals surface area (Å²) in [7, 11) is 0. The molecule has 2 heteroatoms. The summed E-state index contributed by atoms with van der Waals surface area (Å²) >= 11 is 0. The largest absolute Gasteiger partial charge is 0.366 e. The van der Waals surface area contributed by atoms with Crippen molar-refractivity contribution in [1.29, 1.82) is 0 Å². The molecule has 14 heavy (non-hydrogen) atoms. The molecular weight excluding hydrogens is 172 g/mol. The van der Waals surface area contributed by atoms with Crippen molar-refractivity contribution in [3.05, 3.63) is 34.9 Å². The minimum atomic E-state index is 0.478. The SMILES string of the molecule is Cc1cc(C)cc(C2=NCC(C)N2)c1. The molecule has 0 aliphatic carbocycles. The van der Waals surface area contributed by atoms with E-state index in [1.54, 1.807) is 0 Å². The fourth-order valence-electron chi connectivity index (χ4n) is 1.84. The molecule has 1 aromatic carbocycles. The molecule has 1 aliphatic rings. The van der Waals surface area contributed by atoms with Crippen LogP contribution in [0.3, 0.4) is 0 Å². The Morgan fingerprint density at radius 2 is 1.86 bits per heavy atom. The van der Waals surface area contributed by atoms with Gasteiger partial charge in [0, 0.05) is 11.6 Å². The van der Waals surface area contributed by atoms with Crippen molar-refractivity contribution in [2.75, 3.05) is 6.54 Å².